The predicted octanol–water partition coefficient (Wildman–Crippen LogP) is -5.86. The van der Waals surface area contributed by atoms with E-state index in [2.05, 4.69) is 0 Å². The molecule has 0 rings (SSSR count). The second-order valence-electron chi connectivity index (χ2n) is 0. The first-order chi connectivity index (χ1) is 0. The molecule has 4 heteroatoms. The monoisotopic (exact) mass is 140 g/mol. The van der Waals surface area contributed by atoms with Gasteiger partial charge in [-0.3, -0.25) is 0 Å². The average molecular weight is 140 g/mol. The van der Waals surface area contributed by atoms with Gasteiger partial charge >= 0.3 is 119 Å². The molecule has 0 spiro atoms. The molecule has 0 aliphatic heterocycles. The minimum Gasteiger partial charge on any atom is -1.00 e. The van der Waals surface area contributed by atoms with E-state index >= 15 is 0 Å². The van der Waals surface area contributed by atoms with Crippen LogP contribution in [0.4, 0.5) is 0 Å². The van der Waals surface area contributed by atoms with Gasteiger partial charge in [-0.1, -0.05) is 0 Å². The van der Waals surface area contributed by atoms with E-state index < -0.39 is 0 Å². The van der Waals surface area contributed by atoms with Crippen LogP contribution in [0.5, 0.6) is 0 Å². The van der Waals surface area contributed by atoms with Crippen molar-refractivity contribution in [2.24, 2.45) is 0 Å². The van der Waals surface area contributed by atoms with E-state index in [-0.39, 0.29) is 134 Å². The van der Waals surface area contributed by atoms with Crippen LogP contribution in [-0.4, -0.2) is 37.7 Å². The van der Waals surface area contributed by atoms with Crippen molar-refractivity contribution in [1.29, 1.82) is 0 Å². The van der Waals surface area contributed by atoms with Crippen molar-refractivity contribution in [2.45, 2.75) is 0 Å². The minimum absolute atomic E-state index is 0. The van der Waals surface area contributed by atoms with Crippen molar-refractivity contribution in [1.82, 2.24) is 0 Å². The first kappa shape index (κ1) is 23.9. The van der Waals surface area contributed by atoms with Crippen molar-refractivity contribution in [2.75, 3.05) is 0 Å². The average Bonchev–Trinajstić information content (AvgIpc) is 0. The minimum atomic E-state index is 0. The van der Waals surface area contributed by atoms with E-state index in [0.717, 1.165) is 0 Å². The van der Waals surface area contributed by atoms with E-state index in [1.165, 1.54) is 0 Å². The van der Waals surface area contributed by atoms with Crippen LogP contribution in [0.15, 0.2) is 0 Å². The van der Waals surface area contributed by atoms with Crippen LogP contribution >= 0.6 is 9.90 Å². The molecule has 4 heavy (non-hydrogen) atoms. The van der Waals surface area contributed by atoms with Crippen molar-refractivity contribution in [3.8, 4) is 0 Å². The van der Waals surface area contributed by atoms with Crippen molar-refractivity contribution < 1.29 is 86.6 Å². The molecule has 1 unspecified atom stereocenters. The van der Waals surface area contributed by atoms with E-state index in [1.807, 2.05) is 0 Å². The van der Waals surface area contributed by atoms with Gasteiger partial charge in [-0.25, -0.2) is 0 Å². The Hall–Kier alpha value is 4.33. The summed E-state index contributed by atoms with van der Waals surface area (Å²) < 4.78 is 0. The molecule has 0 saturated carbocycles. The quantitative estimate of drug-likeness (QED) is 0.232. The third-order valence-corrected chi connectivity index (χ3v) is 0. The fourth-order valence-corrected chi connectivity index (χ4v) is 0. The summed E-state index contributed by atoms with van der Waals surface area (Å²) in [5.41, 5.74) is 0. The molecule has 0 saturated heterocycles. The molecule has 0 aliphatic carbocycles. The first-order valence-corrected chi connectivity index (χ1v) is 0. The maximum Gasteiger partial charge on any atom is 2.00 e. The molecular weight excluding hydrogens is 133 g/mol. The summed E-state index contributed by atoms with van der Waals surface area (Å²) in [5.74, 6) is 0. The topological polar surface area (TPSA) is 0 Å². The van der Waals surface area contributed by atoms with Crippen LogP contribution in [0.2, 0.25) is 0 Å². The second kappa shape index (κ2) is 15.7. The standard InChI is InChI=1S/Ca.K.Na.H3P.4H/h;;;1H3;;;;/q+2;2*+1;;4*-1. The molecule has 16 valence electrons. The Morgan fingerprint density at radius 1 is 1.25 bits per heavy atom. The first-order valence-electron chi connectivity index (χ1n) is 0. The van der Waals surface area contributed by atoms with E-state index in [1.54, 1.807) is 0 Å². The van der Waals surface area contributed by atoms with Crippen molar-refractivity contribution in [3.05, 3.63) is 0 Å². The smallest absolute Gasteiger partial charge is 1.00 e. The van der Waals surface area contributed by atoms with Gasteiger partial charge in [-0.05, 0) is 0 Å². The van der Waals surface area contributed by atoms with E-state index in [4.69, 9.17) is 0 Å². The van der Waals surface area contributed by atoms with Gasteiger partial charge in [0.25, 0.3) is 0 Å². The summed E-state index contributed by atoms with van der Waals surface area (Å²) in [6.45, 7) is 0. The molecule has 1 atom stereocenters. The van der Waals surface area contributed by atoms with E-state index in [0.29, 0.717) is 0 Å². The van der Waals surface area contributed by atoms with Crippen LogP contribution in [0.1, 0.15) is 5.71 Å². The molecule has 0 amide bonds. The Morgan fingerprint density at radius 3 is 1.25 bits per heavy atom. The summed E-state index contributed by atoms with van der Waals surface area (Å²) in [5, 5.41) is 0. The van der Waals surface area contributed by atoms with Crippen LogP contribution in [0.25, 0.3) is 0 Å². The number of hydrogen-bond acceptors (Lipinski definition) is 0. The molecule has 0 aromatic rings. The summed E-state index contributed by atoms with van der Waals surface area (Å²) in [6, 6.07) is 0. The molecule has 0 aromatic heterocycles. The number of rotatable bonds is 0. The molecular formula is H7CaKNaP. The van der Waals surface area contributed by atoms with Gasteiger partial charge in [-0.2, -0.15) is 9.90 Å². The zero-order valence-electron chi connectivity index (χ0n) is 7.41. The normalized spacial score (nSPS) is 0. The van der Waals surface area contributed by atoms with Crippen LogP contribution < -0.4 is 80.9 Å². The van der Waals surface area contributed by atoms with Crippen molar-refractivity contribution in [3.63, 3.8) is 0 Å². The fourth-order valence-electron chi connectivity index (χ4n) is 0. The maximum absolute atomic E-state index is 0. The van der Waals surface area contributed by atoms with Gasteiger partial charge in [0, 0.05) is 0 Å². The van der Waals surface area contributed by atoms with Crippen LogP contribution in [0.3, 0.4) is 0 Å². The Kier molecular flexibility index (Phi) is 93.5. The van der Waals surface area contributed by atoms with Gasteiger partial charge < -0.3 is 5.71 Å². The Balaban J connectivity index is 0. The Bertz CT molecular complexity index is 16.0. The zero-order valence-corrected chi connectivity index (χ0v) is 12.2. The molecule has 0 N–H and O–H groups in total. The predicted molar refractivity (Wildman–Crippen MR) is 21.3 cm³/mol. The number of hydrogen-bond donors (Lipinski definition) is 0. The largest absolute Gasteiger partial charge is 2.00 e. The SMILES string of the molecule is P.[Ca+2].[H-].[H-].[H-].[H-].[K+].[Na+]. The molecule has 0 bridgehead atoms. The van der Waals surface area contributed by atoms with Gasteiger partial charge in [0.1, 0.15) is 0 Å². The fraction of sp³-hybridized carbons (Fsp3) is 0. The van der Waals surface area contributed by atoms with Gasteiger partial charge in [-0.15, -0.1) is 0 Å². The third kappa shape index (κ3) is 9.59. The summed E-state index contributed by atoms with van der Waals surface area (Å²) in [6.07, 6.45) is 0. The van der Waals surface area contributed by atoms with Gasteiger partial charge in [0.05, 0.1) is 0 Å². The second-order valence-corrected chi connectivity index (χ2v) is 0. The summed E-state index contributed by atoms with van der Waals surface area (Å²) >= 11 is 0. The molecule has 0 nitrogen and oxygen atoms in total. The summed E-state index contributed by atoms with van der Waals surface area (Å²) in [4.78, 5) is 0. The molecule has 0 radical (unpaired) electrons. The van der Waals surface area contributed by atoms with Crippen molar-refractivity contribution >= 4 is 47.6 Å². The Morgan fingerprint density at radius 2 is 1.25 bits per heavy atom. The summed E-state index contributed by atoms with van der Waals surface area (Å²) in [7, 11) is 0. The third-order valence-electron chi connectivity index (χ3n) is 0. The van der Waals surface area contributed by atoms with E-state index in [9.17, 15) is 0 Å². The molecule has 0 aromatic carbocycles. The van der Waals surface area contributed by atoms with Gasteiger partial charge in [0.15, 0.2) is 0 Å². The van der Waals surface area contributed by atoms with Crippen LogP contribution in [-0.2, 0) is 0 Å². The zero-order chi connectivity index (χ0) is 0. The van der Waals surface area contributed by atoms with Crippen LogP contribution in [0, 0.1) is 0 Å². The Labute approximate surface area is 131 Å². The maximum atomic E-state index is 0. The molecule has 0 aliphatic rings. The molecule has 0 fully saturated rings. The van der Waals surface area contributed by atoms with Gasteiger partial charge in [0.2, 0.25) is 0 Å². The molecule has 0 heterocycles.